The van der Waals surface area contributed by atoms with E-state index >= 15 is 0 Å². The highest BCUT2D eigenvalue weighted by Crippen LogP contribution is 2.34. The van der Waals surface area contributed by atoms with Crippen molar-refractivity contribution >= 4 is 24.2 Å². The minimum absolute atomic E-state index is 0.417. The van der Waals surface area contributed by atoms with Gasteiger partial charge in [-0.15, -0.1) is 12.6 Å². The predicted octanol–water partition coefficient (Wildman–Crippen LogP) is 3.79. The Labute approximate surface area is 81.9 Å². The third-order valence-electron chi connectivity index (χ3n) is 1.34. The van der Waals surface area contributed by atoms with Crippen LogP contribution in [-0.4, -0.2) is 0 Å². The summed E-state index contributed by atoms with van der Waals surface area (Å²) >= 11 is 8.71. The lowest BCUT2D eigenvalue weighted by atomic mass is 10.2. The topological polar surface area (TPSA) is 0 Å². The highest BCUT2D eigenvalue weighted by molar-refractivity contribution is 7.80. The number of thiol groups is 1. The van der Waals surface area contributed by atoms with Crippen LogP contribution >= 0.6 is 24.2 Å². The molecule has 0 unspecified atom stereocenters. The number of benzene rings is 1. The summed E-state index contributed by atoms with van der Waals surface area (Å²) in [6.07, 6.45) is -4.53. The first kappa shape index (κ1) is 10.7. The van der Waals surface area contributed by atoms with Crippen molar-refractivity contribution in [3.8, 4) is 0 Å². The van der Waals surface area contributed by atoms with Gasteiger partial charge in [0.05, 0.1) is 10.6 Å². The molecule has 1 aromatic carbocycles. The van der Waals surface area contributed by atoms with Crippen LogP contribution in [0.1, 0.15) is 5.56 Å². The summed E-state index contributed by atoms with van der Waals surface area (Å²) in [6, 6.07) is 1.11. The van der Waals surface area contributed by atoms with Crippen molar-refractivity contribution in [1.82, 2.24) is 0 Å². The van der Waals surface area contributed by atoms with Crippen LogP contribution in [0.3, 0.4) is 0 Å². The first-order valence-electron chi connectivity index (χ1n) is 3.07. The van der Waals surface area contributed by atoms with Gasteiger partial charge in [-0.25, -0.2) is 4.39 Å². The third-order valence-corrected chi connectivity index (χ3v) is 1.94. The van der Waals surface area contributed by atoms with Crippen molar-refractivity contribution < 1.29 is 17.6 Å². The van der Waals surface area contributed by atoms with Gasteiger partial charge in [0.2, 0.25) is 0 Å². The maximum Gasteiger partial charge on any atom is 0.416 e. The maximum absolute atomic E-state index is 12.7. The van der Waals surface area contributed by atoms with Crippen LogP contribution in [0.15, 0.2) is 17.0 Å². The number of halogens is 5. The average molecular weight is 231 g/mol. The van der Waals surface area contributed by atoms with Crippen molar-refractivity contribution in [2.45, 2.75) is 11.1 Å². The van der Waals surface area contributed by atoms with Crippen LogP contribution in [0.2, 0.25) is 5.02 Å². The van der Waals surface area contributed by atoms with Crippen molar-refractivity contribution in [3.63, 3.8) is 0 Å². The molecular weight excluding hydrogens is 228 g/mol. The Kier molecular flexibility index (Phi) is 2.77. The van der Waals surface area contributed by atoms with Crippen LogP contribution in [0, 0.1) is 5.82 Å². The SMILES string of the molecule is Fc1c(S)cc(C(F)(F)F)cc1Cl. The monoisotopic (exact) mass is 230 g/mol. The zero-order valence-corrected chi connectivity index (χ0v) is 7.64. The summed E-state index contributed by atoms with van der Waals surface area (Å²) in [5.74, 6) is -0.946. The van der Waals surface area contributed by atoms with Crippen LogP contribution in [0.5, 0.6) is 0 Å². The summed E-state index contributed by atoms with van der Waals surface area (Å²) in [7, 11) is 0. The number of hydrogen-bond acceptors (Lipinski definition) is 1. The fourth-order valence-electron chi connectivity index (χ4n) is 0.738. The lowest BCUT2D eigenvalue weighted by Crippen LogP contribution is -2.05. The van der Waals surface area contributed by atoms with E-state index in [1.807, 2.05) is 0 Å². The molecule has 0 aromatic heterocycles. The second-order valence-corrected chi connectivity index (χ2v) is 3.18. The van der Waals surface area contributed by atoms with Crippen LogP contribution < -0.4 is 0 Å². The van der Waals surface area contributed by atoms with Gasteiger partial charge in [-0.2, -0.15) is 13.2 Å². The van der Waals surface area contributed by atoms with Gasteiger partial charge >= 0.3 is 6.18 Å². The Morgan fingerprint density at radius 3 is 2.15 bits per heavy atom. The van der Waals surface area contributed by atoms with E-state index in [4.69, 9.17) is 11.6 Å². The third kappa shape index (κ3) is 2.28. The van der Waals surface area contributed by atoms with Gasteiger partial charge in [0, 0.05) is 4.90 Å². The first-order valence-corrected chi connectivity index (χ1v) is 3.90. The van der Waals surface area contributed by atoms with E-state index in [9.17, 15) is 17.6 Å². The highest BCUT2D eigenvalue weighted by Gasteiger charge is 2.31. The maximum atomic E-state index is 12.7. The molecule has 0 nitrogen and oxygen atoms in total. The Balaban J connectivity index is 3.29. The molecule has 1 aromatic rings. The molecule has 0 heterocycles. The Morgan fingerprint density at radius 2 is 1.77 bits per heavy atom. The Hall–Kier alpha value is -0.420. The van der Waals surface area contributed by atoms with Crippen LogP contribution in [0.4, 0.5) is 17.6 Å². The van der Waals surface area contributed by atoms with Crippen LogP contribution in [-0.2, 0) is 6.18 Å². The van der Waals surface area contributed by atoms with E-state index < -0.39 is 27.5 Å². The normalized spacial score (nSPS) is 11.8. The van der Waals surface area contributed by atoms with E-state index in [0.717, 1.165) is 0 Å². The largest absolute Gasteiger partial charge is 0.416 e. The average Bonchev–Trinajstić information content (AvgIpc) is 1.97. The summed E-state index contributed by atoms with van der Waals surface area (Å²) in [5, 5.41) is -0.583. The fourth-order valence-corrected chi connectivity index (χ4v) is 1.28. The summed E-state index contributed by atoms with van der Waals surface area (Å²) < 4.78 is 48.9. The molecule has 0 atom stereocenters. The molecule has 72 valence electrons. The molecule has 0 aliphatic heterocycles. The molecule has 0 saturated carbocycles. The van der Waals surface area contributed by atoms with Gasteiger partial charge < -0.3 is 0 Å². The Morgan fingerprint density at radius 1 is 1.23 bits per heavy atom. The summed E-state index contributed by atoms with van der Waals surface area (Å²) in [5.41, 5.74) is -1.01. The second-order valence-electron chi connectivity index (χ2n) is 2.29. The Bertz CT molecular complexity index is 311. The van der Waals surface area contributed by atoms with E-state index in [2.05, 4.69) is 12.6 Å². The molecule has 0 fully saturated rings. The van der Waals surface area contributed by atoms with Crippen LogP contribution in [0.25, 0.3) is 0 Å². The van der Waals surface area contributed by atoms with Gasteiger partial charge in [0.1, 0.15) is 0 Å². The lowest BCUT2D eigenvalue weighted by molar-refractivity contribution is -0.137. The minimum Gasteiger partial charge on any atom is -0.204 e. The molecule has 0 spiro atoms. The predicted molar refractivity (Wildman–Crippen MR) is 43.7 cm³/mol. The highest BCUT2D eigenvalue weighted by atomic mass is 35.5. The molecule has 6 heteroatoms. The molecule has 0 radical (unpaired) electrons. The van der Waals surface area contributed by atoms with Gasteiger partial charge in [0.15, 0.2) is 5.82 Å². The molecule has 1 rings (SSSR count). The molecular formula is C7H3ClF4S. The molecule has 0 aliphatic rings. The molecule has 0 N–H and O–H groups in total. The molecule has 0 aliphatic carbocycles. The number of hydrogen-bond donors (Lipinski definition) is 1. The van der Waals surface area contributed by atoms with Crippen molar-refractivity contribution in [1.29, 1.82) is 0 Å². The fraction of sp³-hybridized carbons (Fsp3) is 0.143. The van der Waals surface area contributed by atoms with Gasteiger partial charge in [-0.3, -0.25) is 0 Å². The van der Waals surface area contributed by atoms with E-state index in [-0.39, 0.29) is 0 Å². The lowest BCUT2D eigenvalue weighted by Gasteiger charge is -2.08. The summed E-state index contributed by atoms with van der Waals surface area (Å²) in [4.78, 5) is -0.417. The smallest absolute Gasteiger partial charge is 0.204 e. The number of rotatable bonds is 0. The van der Waals surface area contributed by atoms with E-state index in [0.29, 0.717) is 12.1 Å². The zero-order chi connectivity index (χ0) is 10.2. The van der Waals surface area contributed by atoms with E-state index in [1.165, 1.54) is 0 Å². The minimum atomic E-state index is -4.53. The first-order chi connectivity index (χ1) is 5.82. The molecule has 13 heavy (non-hydrogen) atoms. The van der Waals surface area contributed by atoms with Gasteiger partial charge in [0.25, 0.3) is 0 Å². The second kappa shape index (κ2) is 3.38. The van der Waals surface area contributed by atoms with Gasteiger partial charge in [-0.05, 0) is 12.1 Å². The van der Waals surface area contributed by atoms with Gasteiger partial charge in [-0.1, -0.05) is 11.6 Å². The molecule has 0 amide bonds. The molecule has 0 saturated heterocycles. The standard InChI is InChI=1S/C7H3ClF4S/c8-4-1-3(7(10,11)12)2-5(13)6(4)9/h1-2,13H. The van der Waals surface area contributed by atoms with Crippen molar-refractivity contribution in [3.05, 3.63) is 28.5 Å². The summed E-state index contributed by atoms with van der Waals surface area (Å²) in [6.45, 7) is 0. The number of alkyl halides is 3. The van der Waals surface area contributed by atoms with Crippen molar-refractivity contribution in [2.75, 3.05) is 0 Å². The van der Waals surface area contributed by atoms with E-state index in [1.54, 1.807) is 0 Å². The quantitative estimate of drug-likeness (QED) is 0.509. The zero-order valence-electron chi connectivity index (χ0n) is 5.99. The van der Waals surface area contributed by atoms with Crippen molar-refractivity contribution in [2.24, 2.45) is 0 Å². The molecule has 0 bridgehead atoms.